The fraction of sp³-hybridized carbons (Fsp3) is 0.235. The molecule has 0 saturated heterocycles. The van der Waals surface area contributed by atoms with Crippen LogP contribution in [0.3, 0.4) is 0 Å². The molecule has 0 unspecified atom stereocenters. The van der Waals surface area contributed by atoms with E-state index in [2.05, 4.69) is 52.5 Å². The lowest BCUT2D eigenvalue weighted by Gasteiger charge is -2.11. The highest BCUT2D eigenvalue weighted by molar-refractivity contribution is 9.10. The minimum atomic E-state index is -0.0809. The maximum absolute atomic E-state index is 12.5. The Morgan fingerprint density at radius 1 is 1.19 bits per heavy atom. The first-order valence-corrected chi connectivity index (χ1v) is 8.82. The second kappa shape index (κ2) is 5.85. The Hall–Kier alpha value is -1.26. The Morgan fingerprint density at radius 2 is 1.90 bits per heavy atom. The third-order valence-corrected chi connectivity index (χ3v) is 5.19. The maximum atomic E-state index is 12.5. The van der Waals surface area contributed by atoms with Gasteiger partial charge in [-0.25, -0.2) is 0 Å². The molecule has 2 aromatic carbocycles. The van der Waals surface area contributed by atoms with E-state index in [1.54, 1.807) is 16.7 Å². The minimum absolute atomic E-state index is 0.0809. The molecule has 1 aliphatic rings. The van der Waals surface area contributed by atoms with Crippen LogP contribution in [0.2, 0.25) is 0 Å². The van der Waals surface area contributed by atoms with E-state index in [0.717, 1.165) is 22.1 Å². The maximum Gasteiger partial charge on any atom is 0.234 e. The van der Waals surface area contributed by atoms with E-state index in [-0.39, 0.29) is 11.8 Å². The Balaban J connectivity index is 1.91. The number of likely N-dealkylation sites (N-methyl/N-ethyl adjacent to an activating group) is 1. The van der Waals surface area contributed by atoms with Gasteiger partial charge < -0.3 is 4.90 Å². The number of nitrogens with zero attached hydrogens (tertiary/aromatic N) is 1. The van der Waals surface area contributed by atoms with Gasteiger partial charge in [-0.1, -0.05) is 28.1 Å². The molecule has 1 heterocycles. The molecule has 2 aromatic rings. The molecule has 2 nitrogen and oxygen atoms in total. The van der Waals surface area contributed by atoms with Crippen molar-refractivity contribution in [2.24, 2.45) is 0 Å². The number of carbonyl (C=O) groups excluding carboxylic acids is 1. The Kier molecular flexibility index (Phi) is 4.09. The zero-order chi connectivity index (χ0) is 15.0. The van der Waals surface area contributed by atoms with Crippen LogP contribution in [0.1, 0.15) is 17.0 Å². The number of fused-ring (bicyclic) bond motifs is 1. The molecule has 0 radical (unpaired) electrons. The average Bonchev–Trinajstić information content (AvgIpc) is 2.73. The second-order valence-corrected chi connectivity index (χ2v) is 7.00. The van der Waals surface area contributed by atoms with E-state index in [1.165, 1.54) is 10.5 Å². The van der Waals surface area contributed by atoms with Gasteiger partial charge in [-0.05, 0) is 54.1 Å². The first kappa shape index (κ1) is 14.7. The van der Waals surface area contributed by atoms with E-state index in [1.807, 2.05) is 19.2 Å². The summed E-state index contributed by atoms with van der Waals surface area (Å²) in [6, 6.07) is 14.5. The molecule has 1 aliphatic heterocycles. The zero-order valence-corrected chi connectivity index (χ0v) is 14.4. The molecule has 0 aliphatic carbocycles. The number of hydrogen-bond acceptors (Lipinski definition) is 2. The van der Waals surface area contributed by atoms with Gasteiger partial charge in [0.1, 0.15) is 0 Å². The largest absolute Gasteiger partial charge is 0.315 e. The summed E-state index contributed by atoms with van der Waals surface area (Å²) in [5, 5.41) is 0. The quantitative estimate of drug-likeness (QED) is 0.751. The van der Waals surface area contributed by atoms with Gasteiger partial charge in [0, 0.05) is 22.1 Å². The van der Waals surface area contributed by atoms with Gasteiger partial charge in [-0.2, -0.15) is 0 Å². The van der Waals surface area contributed by atoms with Gasteiger partial charge in [0.05, 0.1) is 5.92 Å². The molecule has 21 heavy (non-hydrogen) atoms. The summed E-state index contributed by atoms with van der Waals surface area (Å²) in [4.78, 5) is 15.5. The zero-order valence-electron chi connectivity index (χ0n) is 12.0. The Morgan fingerprint density at radius 3 is 2.57 bits per heavy atom. The number of amides is 1. The third-order valence-electron chi connectivity index (χ3n) is 3.95. The van der Waals surface area contributed by atoms with Crippen molar-refractivity contribution in [2.45, 2.75) is 17.2 Å². The number of rotatable bonds is 3. The summed E-state index contributed by atoms with van der Waals surface area (Å²) in [6.45, 7) is 0. The average molecular weight is 362 g/mol. The molecule has 1 atom stereocenters. The van der Waals surface area contributed by atoms with Crippen molar-refractivity contribution in [1.29, 1.82) is 0 Å². The van der Waals surface area contributed by atoms with Crippen molar-refractivity contribution in [3.63, 3.8) is 0 Å². The van der Waals surface area contributed by atoms with Crippen LogP contribution in [0.25, 0.3) is 0 Å². The van der Waals surface area contributed by atoms with Gasteiger partial charge in [0.25, 0.3) is 0 Å². The molecule has 0 saturated carbocycles. The smallest absolute Gasteiger partial charge is 0.234 e. The fourth-order valence-corrected chi connectivity index (χ4v) is 3.58. The van der Waals surface area contributed by atoms with E-state index >= 15 is 0 Å². The summed E-state index contributed by atoms with van der Waals surface area (Å²) in [5.74, 6) is 0.0969. The predicted molar refractivity (Wildman–Crippen MR) is 92.2 cm³/mol. The summed E-state index contributed by atoms with van der Waals surface area (Å²) in [7, 11) is 1.85. The van der Waals surface area contributed by atoms with Gasteiger partial charge in [0.15, 0.2) is 0 Å². The molecule has 0 aromatic heterocycles. The molecular formula is C17H16BrNOS. The highest BCUT2D eigenvalue weighted by Crippen LogP contribution is 2.39. The van der Waals surface area contributed by atoms with Crippen LogP contribution in [0, 0.1) is 0 Å². The molecular weight excluding hydrogens is 346 g/mol. The predicted octanol–water partition coefficient (Wildman–Crippen LogP) is 4.47. The number of benzene rings is 2. The van der Waals surface area contributed by atoms with Gasteiger partial charge in [-0.3, -0.25) is 4.79 Å². The standard InChI is InChI=1S/C17H16BrNOS/c1-19-16-8-5-12(18)10-14(16)15(17(19)20)9-11-3-6-13(21-2)7-4-11/h3-8,10,15H,9H2,1-2H3/t15-/m1/s1. The van der Waals surface area contributed by atoms with E-state index < -0.39 is 0 Å². The van der Waals surface area contributed by atoms with Crippen molar-refractivity contribution in [2.75, 3.05) is 18.2 Å². The van der Waals surface area contributed by atoms with Crippen LogP contribution in [-0.4, -0.2) is 19.2 Å². The van der Waals surface area contributed by atoms with Crippen molar-refractivity contribution >= 4 is 39.3 Å². The van der Waals surface area contributed by atoms with E-state index in [4.69, 9.17) is 0 Å². The second-order valence-electron chi connectivity index (χ2n) is 5.21. The van der Waals surface area contributed by atoms with Crippen LogP contribution in [0.5, 0.6) is 0 Å². The summed E-state index contributed by atoms with van der Waals surface area (Å²) in [5.41, 5.74) is 3.34. The Labute approximate surface area is 137 Å². The van der Waals surface area contributed by atoms with Gasteiger partial charge in [-0.15, -0.1) is 11.8 Å². The molecule has 0 fully saturated rings. The molecule has 0 spiro atoms. The van der Waals surface area contributed by atoms with E-state index in [9.17, 15) is 4.79 Å². The topological polar surface area (TPSA) is 20.3 Å². The summed E-state index contributed by atoms with van der Waals surface area (Å²) < 4.78 is 1.02. The van der Waals surface area contributed by atoms with Crippen molar-refractivity contribution in [1.82, 2.24) is 0 Å². The summed E-state index contributed by atoms with van der Waals surface area (Å²) in [6.07, 6.45) is 2.82. The first-order chi connectivity index (χ1) is 10.1. The number of halogens is 1. The van der Waals surface area contributed by atoms with Crippen LogP contribution in [-0.2, 0) is 11.2 Å². The normalized spacial score (nSPS) is 17.2. The fourth-order valence-electron chi connectivity index (χ4n) is 2.79. The molecule has 0 bridgehead atoms. The molecule has 0 N–H and O–H groups in total. The van der Waals surface area contributed by atoms with E-state index in [0.29, 0.717) is 0 Å². The number of anilines is 1. The number of thioether (sulfide) groups is 1. The lowest BCUT2D eigenvalue weighted by Crippen LogP contribution is -2.24. The molecule has 1 amide bonds. The van der Waals surface area contributed by atoms with Crippen LogP contribution in [0.4, 0.5) is 5.69 Å². The highest BCUT2D eigenvalue weighted by Gasteiger charge is 2.35. The minimum Gasteiger partial charge on any atom is -0.315 e. The van der Waals surface area contributed by atoms with Crippen molar-refractivity contribution in [3.8, 4) is 0 Å². The molecule has 3 rings (SSSR count). The SMILES string of the molecule is CSc1ccc(C[C@H]2C(=O)N(C)c3ccc(Br)cc32)cc1. The monoisotopic (exact) mass is 361 g/mol. The first-order valence-electron chi connectivity index (χ1n) is 6.80. The van der Waals surface area contributed by atoms with Crippen molar-refractivity contribution in [3.05, 3.63) is 58.1 Å². The summed E-state index contributed by atoms with van der Waals surface area (Å²) >= 11 is 5.23. The van der Waals surface area contributed by atoms with Crippen molar-refractivity contribution < 1.29 is 4.79 Å². The molecule has 4 heteroatoms. The lowest BCUT2D eigenvalue weighted by molar-refractivity contribution is -0.119. The van der Waals surface area contributed by atoms with Crippen LogP contribution in [0.15, 0.2) is 51.8 Å². The number of hydrogen-bond donors (Lipinski definition) is 0. The highest BCUT2D eigenvalue weighted by atomic mass is 79.9. The molecule has 108 valence electrons. The Bertz CT molecular complexity index is 684. The van der Waals surface area contributed by atoms with Gasteiger partial charge in [0.2, 0.25) is 5.91 Å². The third kappa shape index (κ3) is 2.74. The number of carbonyl (C=O) groups is 1. The lowest BCUT2D eigenvalue weighted by atomic mass is 9.93. The van der Waals surface area contributed by atoms with Crippen LogP contribution < -0.4 is 4.90 Å². The van der Waals surface area contributed by atoms with Crippen LogP contribution >= 0.6 is 27.7 Å². The van der Waals surface area contributed by atoms with Gasteiger partial charge >= 0.3 is 0 Å².